The lowest BCUT2D eigenvalue weighted by Gasteiger charge is -2.45. The van der Waals surface area contributed by atoms with Crippen LogP contribution in [0.2, 0.25) is 0 Å². The number of nitrogens with one attached hydrogen (secondary N) is 4. The first-order valence-electron chi connectivity index (χ1n) is 23.7. The third-order valence-electron chi connectivity index (χ3n) is 14.0. The van der Waals surface area contributed by atoms with Crippen LogP contribution in [0.25, 0.3) is 10.9 Å². The molecule has 1 atom stereocenters. The van der Waals surface area contributed by atoms with Crippen molar-refractivity contribution < 1.29 is 32.5 Å². The second-order valence-corrected chi connectivity index (χ2v) is 23.0. The molecule has 0 radical (unpaired) electrons. The van der Waals surface area contributed by atoms with Gasteiger partial charge in [-0.2, -0.15) is 4.98 Å². The number of methoxy groups -OCH3 is 1. The first-order valence-corrected chi connectivity index (χ1v) is 27.1. The number of aromatic nitrogens is 3. The molecule has 1 unspecified atom stereocenters. The molecule has 19 heteroatoms. The van der Waals surface area contributed by atoms with Crippen molar-refractivity contribution in [3.63, 3.8) is 0 Å². The minimum Gasteiger partial charge on any atom is -0.494 e. The Bertz CT molecular complexity index is 2840. The molecule has 5 heterocycles. The lowest BCUT2D eigenvalue weighted by molar-refractivity contribution is -0.140. The third-order valence-corrected chi connectivity index (χ3v) is 16.2. The molecule has 1 aliphatic carbocycles. The zero-order chi connectivity index (χ0) is 48.7. The molecular formula is C50H58BrF2N10O5P. The van der Waals surface area contributed by atoms with Crippen LogP contribution in [0, 0.1) is 24.5 Å². The van der Waals surface area contributed by atoms with Gasteiger partial charge in [0.15, 0.2) is 0 Å². The number of carbonyl (C=O) groups is 3. The molecule has 3 aliphatic heterocycles. The van der Waals surface area contributed by atoms with Crippen molar-refractivity contribution in [2.24, 2.45) is 5.92 Å². The molecule has 69 heavy (non-hydrogen) atoms. The molecule has 3 aromatic carbocycles. The highest BCUT2D eigenvalue weighted by atomic mass is 79.9. The number of halogens is 3. The van der Waals surface area contributed by atoms with Gasteiger partial charge in [-0.1, -0.05) is 13.0 Å². The second-order valence-electron chi connectivity index (χ2n) is 19.0. The van der Waals surface area contributed by atoms with Crippen LogP contribution in [0.4, 0.5) is 43.3 Å². The number of hydrogen-bond donors (Lipinski definition) is 4. The molecule has 5 aromatic rings. The van der Waals surface area contributed by atoms with Gasteiger partial charge in [0.1, 0.15) is 30.3 Å². The summed E-state index contributed by atoms with van der Waals surface area (Å²) >= 11 is 3.61. The average molecular weight is 1030 g/mol. The van der Waals surface area contributed by atoms with E-state index in [2.05, 4.69) is 76.0 Å². The van der Waals surface area contributed by atoms with E-state index in [-0.39, 0.29) is 42.0 Å². The monoisotopic (exact) mass is 1030 g/mol. The van der Waals surface area contributed by atoms with Gasteiger partial charge in [-0.3, -0.25) is 29.6 Å². The summed E-state index contributed by atoms with van der Waals surface area (Å²) in [5.41, 5.74) is 5.35. The van der Waals surface area contributed by atoms with Gasteiger partial charge >= 0.3 is 0 Å². The fourth-order valence-corrected chi connectivity index (χ4v) is 12.1. The molecule has 4 aliphatic rings. The van der Waals surface area contributed by atoms with Crippen molar-refractivity contribution >= 4 is 91.5 Å². The van der Waals surface area contributed by atoms with Crippen LogP contribution in [-0.4, -0.2) is 114 Å². The van der Waals surface area contributed by atoms with Crippen molar-refractivity contribution in [1.29, 1.82) is 0 Å². The van der Waals surface area contributed by atoms with Crippen molar-refractivity contribution in [2.45, 2.75) is 76.8 Å². The average Bonchev–Trinajstić information content (AvgIpc) is 3.31. The summed E-state index contributed by atoms with van der Waals surface area (Å²) in [6.07, 6.45) is 5.71. The van der Waals surface area contributed by atoms with Gasteiger partial charge in [-0.25, -0.2) is 13.8 Å². The lowest BCUT2D eigenvalue weighted by atomic mass is 9.79. The summed E-state index contributed by atoms with van der Waals surface area (Å²) in [6.45, 7) is 12.3. The van der Waals surface area contributed by atoms with Gasteiger partial charge in [0.05, 0.1) is 34.4 Å². The van der Waals surface area contributed by atoms with E-state index in [1.54, 1.807) is 26.6 Å². The van der Waals surface area contributed by atoms with Crippen LogP contribution < -0.4 is 36.2 Å². The van der Waals surface area contributed by atoms with Crippen molar-refractivity contribution in [3.05, 3.63) is 87.7 Å². The van der Waals surface area contributed by atoms with Crippen molar-refractivity contribution in [3.8, 4) is 5.75 Å². The van der Waals surface area contributed by atoms with Gasteiger partial charge in [0.2, 0.25) is 23.7 Å². The minimum absolute atomic E-state index is 0.0290. The Balaban J connectivity index is 0.773. The Morgan fingerprint density at radius 1 is 0.928 bits per heavy atom. The second kappa shape index (κ2) is 20.0. The number of anilines is 6. The number of fused-ring (bicyclic) bond motifs is 1. The van der Waals surface area contributed by atoms with Crippen LogP contribution >= 0.6 is 23.1 Å². The highest BCUT2D eigenvalue weighted by Gasteiger charge is 2.39. The predicted octanol–water partition coefficient (Wildman–Crippen LogP) is 8.20. The predicted molar refractivity (Wildman–Crippen MR) is 269 cm³/mol. The van der Waals surface area contributed by atoms with Crippen LogP contribution in [0.5, 0.6) is 5.75 Å². The van der Waals surface area contributed by atoms with Crippen LogP contribution in [0.15, 0.2) is 59.2 Å². The number of imide groups is 1. The molecule has 4 N–H and O–H groups in total. The number of piperidine rings is 2. The smallest absolute Gasteiger partial charge is 0.234 e. The number of pyridine rings is 1. The van der Waals surface area contributed by atoms with E-state index >= 15 is 8.78 Å². The molecule has 0 bridgehead atoms. The maximum absolute atomic E-state index is 15.1. The first-order chi connectivity index (χ1) is 33.1. The molecule has 9 rings (SSSR count). The number of piperazine rings is 1. The third kappa shape index (κ3) is 10.3. The molecule has 1 saturated carbocycles. The molecule has 2 aromatic heterocycles. The Morgan fingerprint density at radius 2 is 1.65 bits per heavy atom. The number of aryl methyl sites for hydroxylation is 2. The van der Waals surface area contributed by atoms with E-state index < -0.39 is 36.5 Å². The molecule has 364 valence electrons. The topological polar surface area (TPSA) is 174 Å². The molecular weight excluding hydrogens is 969 g/mol. The molecule has 15 nitrogen and oxygen atoms in total. The van der Waals surface area contributed by atoms with Crippen molar-refractivity contribution in [2.75, 3.05) is 80.6 Å². The summed E-state index contributed by atoms with van der Waals surface area (Å²) in [6, 6.07) is 14.6. The van der Waals surface area contributed by atoms with E-state index in [4.69, 9.17) is 9.72 Å². The Labute approximate surface area is 409 Å². The SMILES string of the molecule is CCc1cc(Nc2ncc(Br)c(Nc3ccc4nc(C)ccc4c3P(C)(C)=O)n2)c(OC)cc1N1CCC(N2CCN(C(=O)C3CC(Nc4cc(F)c(C5CCC(=O)NC5=O)c(F)c4)C3)CC2)CC1. The molecule has 0 spiro atoms. The highest BCUT2D eigenvalue weighted by Crippen LogP contribution is 2.43. The van der Waals surface area contributed by atoms with E-state index in [1.165, 1.54) is 17.7 Å². The first kappa shape index (κ1) is 48.3. The Kier molecular flexibility index (Phi) is 14.0. The van der Waals surface area contributed by atoms with E-state index in [0.717, 1.165) is 73.4 Å². The maximum atomic E-state index is 15.1. The lowest BCUT2D eigenvalue weighted by Crippen LogP contribution is -2.56. The standard InChI is InChI=1S/C50H58BrF2N10O5P/c1-6-29-23-41(58-50-54-27-36(51)47(60-50)57-40-11-10-39-34(8-7-28(2)55-39)46(40)69(4,5)67)43(68-3)26-42(29)62-15-13-33(14-16-62)61-17-19-63(20-18-61)49(66)30-21-31(22-30)56-32-24-37(52)45(38(53)25-32)35-9-12-44(64)59-48(35)65/h7-8,10-11,23-27,30-31,33,35,56H,6,9,12-22H2,1-5H3,(H,59,64,65)(H2,54,57,58,60). The molecule has 4 fully saturated rings. The van der Waals surface area contributed by atoms with Crippen LogP contribution in [0.3, 0.4) is 0 Å². The van der Waals surface area contributed by atoms with Gasteiger partial charge in [-0.15, -0.1) is 0 Å². The van der Waals surface area contributed by atoms with Crippen LogP contribution in [0.1, 0.15) is 68.2 Å². The maximum Gasteiger partial charge on any atom is 0.234 e. The number of hydrogen-bond acceptors (Lipinski definition) is 13. The number of amides is 3. The quantitative estimate of drug-likeness (QED) is 0.0657. The summed E-state index contributed by atoms with van der Waals surface area (Å²) in [7, 11) is -1.09. The fraction of sp³-hybridized carbons (Fsp3) is 0.440. The molecule has 3 saturated heterocycles. The van der Waals surface area contributed by atoms with Gasteiger partial charge < -0.3 is 35.1 Å². The highest BCUT2D eigenvalue weighted by molar-refractivity contribution is 9.10. The van der Waals surface area contributed by atoms with E-state index in [9.17, 15) is 18.9 Å². The van der Waals surface area contributed by atoms with Crippen LogP contribution in [-0.2, 0) is 25.4 Å². The van der Waals surface area contributed by atoms with Crippen molar-refractivity contribution in [1.82, 2.24) is 30.1 Å². The van der Waals surface area contributed by atoms with E-state index in [1.807, 2.05) is 36.1 Å². The molecule has 3 amide bonds. The zero-order valence-electron chi connectivity index (χ0n) is 39.5. The number of rotatable bonds is 13. The normalized spacial score (nSPS) is 20.4. The van der Waals surface area contributed by atoms with Gasteiger partial charge in [-0.05, 0) is 117 Å². The number of carbonyl (C=O) groups excluding carboxylic acids is 3. The number of ether oxygens (including phenoxy) is 1. The Morgan fingerprint density at radius 3 is 2.32 bits per heavy atom. The summed E-state index contributed by atoms with van der Waals surface area (Å²) in [5, 5.41) is 13.7. The Hall–Kier alpha value is -5.71. The number of nitrogens with zero attached hydrogens (tertiary/aromatic N) is 6. The van der Waals surface area contributed by atoms with Gasteiger partial charge in [0, 0.05) is 109 Å². The fourth-order valence-electron chi connectivity index (χ4n) is 10.4. The zero-order valence-corrected chi connectivity index (χ0v) is 42.0. The van der Waals surface area contributed by atoms with Gasteiger partial charge in [0.25, 0.3) is 0 Å². The summed E-state index contributed by atoms with van der Waals surface area (Å²) in [4.78, 5) is 58.3. The summed E-state index contributed by atoms with van der Waals surface area (Å²) < 4.78 is 50.4. The minimum atomic E-state index is -2.75. The van der Waals surface area contributed by atoms with E-state index in [0.29, 0.717) is 65.0 Å². The summed E-state index contributed by atoms with van der Waals surface area (Å²) in [5.74, 6) is -2.32. The number of benzene rings is 3. The largest absolute Gasteiger partial charge is 0.494 e.